The maximum atomic E-state index is 12.1. The van der Waals surface area contributed by atoms with Crippen LogP contribution in [0.2, 0.25) is 0 Å². The maximum Gasteiger partial charge on any atom is 0.254 e. The summed E-state index contributed by atoms with van der Waals surface area (Å²) in [6.07, 6.45) is 0.463. The number of fused-ring (bicyclic) bond motifs is 1. The van der Waals surface area contributed by atoms with Gasteiger partial charge in [0.2, 0.25) is 0 Å². The van der Waals surface area contributed by atoms with E-state index in [1.54, 1.807) is 23.1 Å². The molecule has 1 aromatic carbocycles. The molecular weight excluding hydrogens is 234 g/mol. The summed E-state index contributed by atoms with van der Waals surface area (Å²) in [6.45, 7) is 2.06. The molecular formula is C13H15NO4. The molecule has 2 heterocycles. The van der Waals surface area contributed by atoms with Crippen molar-refractivity contribution in [2.75, 3.05) is 26.3 Å². The van der Waals surface area contributed by atoms with Crippen molar-refractivity contribution >= 4 is 5.91 Å². The fourth-order valence-corrected chi connectivity index (χ4v) is 2.10. The fourth-order valence-electron chi connectivity index (χ4n) is 2.10. The van der Waals surface area contributed by atoms with E-state index < -0.39 is 0 Å². The van der Waals surface area contributed by atoms with Crippen molar-refractivity contribution in [3.8, 4) is 11.5 Å². The van der Waals surface area contributed by atoms with Gasteiger partial charge in [-0.2, -0.15) is 0 Å². The Labute approximate surface area is 105 Å². The summed E-state index contributed by atoms with van der Waals surface area (Å²) < 4.78 is 11.1. The summed E-state index contributed by atoms with van der Waals surface area (Å²) in [5, 5.41) is 9.20. The number of aliphatic hydroxyl groups excluding tert-OH is 1. The van der Waals surface area contributed by atoms with E-state index in [1.807, 2.05) is 0 Å². The van der Waals surface area contributed by atoms with Crippen LogP contribution < -0.4 is 9.47 Å². The van der Waals surface area contributed by atoms with Gasteiger partial charge < -0.3 is 19.5 Å². The lowest BCUT2D eigenvalue weighted by Crippen LogP contribution is -2.53. The molecule has 0 saturated carbocycles. The molecule has 2 aliphatic rings. The number of carbonyl (C=O) groups is 1. The molecule has 5 nitrogen and oxygen atoms in total. The zero-order valence-corrected chi connectivity index (χ0v) is 9.96. The lowest BCUT2D eigenvalue weighted by molar-refractivity contribution is 0.00587. The SMILES string of the molecule is O=C(c1ccc2c(c1)OCCCO2)N1CC(O)C1. The van der Waals surface area contributed by atoms with Gasteiger partial charge in [-0.3, -0.25) is 4.79 Å². The number of rotatable bonds is 1. The predicted molar refractivity (Wildman–Crippen MR) is 64.0 cm³/mol. The van der Waals surface area contributed by atoms with Gasteiger partial charge in [0.15, 0.2) is 11.5 Å². The first-order chi connectivity index (χ1) is 8.74. The van der Waals surface area contributed by atoms with Crippen molar-refractivity contribution < 1.29 is 19.4 Å². The van der Waals surface area contributed by atoms with Crippen molar-refractivity contribution in [3.63, 3.8) is 0 Å². The Balaban J connectivity index is 1.81. The Morgan fingerprint density at radius 1 is 1.22 bits per heavy atom. The van der Waals surface area contributed by atoms with E-state index in [1.165, 1.54) is 0 Å². The number of benzene rings is 1. The highest BCUT2D eigenvalue weighted by molar-refractivity contribution is 5.95. The van der Waals surface area contributed by atoms with Gasteiger partial charge in [-0.25, -0.2) is 0 Å². The quantitative estimate of drug-likeness (QED) is 0.794. The third kappa shape index (κ3) is 2.01. The summed E-state index contributed by atoms with van der Waals surface area (Å²) in [6, 6.07) is 5.22. The van der Waals surface area contributed by atoms with Gasteiger partial charge in [0, 0.05) is 25.1 Å². The lowest BCUT2D eigenvalue weighted by atomic mass is 10.1. The Kier molecular flexibility index (Phi) is 2.83. The number of likely N-dealkylation sites (tertiary alicyclic amines) is 1. The van der Waals surface area contributed by atoms with Crippen molar-refractivity contribution in [1.82, 2.24) is 4.90 Å². The van der Waals surface area contributed by atoms with Crippen molar-refractivity contribution in [2.24, 2.45) is 0 Å². The molecule has 2 aliphatic heterocycles. The Bertz CT molecular complexity index is 468. The minimum Gasteiger partial charge on any atom is -0.490 e. The molecule has 0 unspecified atom stereocenters. The van der Waals surface area contributed by atoms with Crippen LogP contribution in [0, 0.1) is 0 Å². The zero-order chi connectivity index (χ0) is 12.5. The zero-order valence-electron chi connectivity index (χ0n) is 9.96. The average Bonchev–Trinajstić information content (AvgIpc) is 2.58. The highest BCUT2D eigenvalue weighted by Gasteiger charge is 2.29. The monoisotopic (exact) mass is 249 g/mol. The van der Waals surface area contributed by atoms with Gasteiger partial charge >= 0.3 is 0 Å². The maximum absolute atomic E-state index is 12.1. The highest BCUT2D eigenvalue weighted by Crippen LogP contribution is 2.31. The molecule has 1 fully saturated rings. The largest absolute Gasteiger partial charge is 0.490 e. The van der Waals surface area contributed by atoms with Crippen LogP contribution in [0.3, 0.4) is 0 Å². The Morgan fingerprint density at radius 2 is 1.94 bits per heavy atom. The number of β-amino-alcohol motifs (C(OH)–C–C–N with tert-alkyl or cyclic N) is 1. The van der Waals surface area contributed by atoms with Gasteiger partial charge in [0.25, 0.3) is 5.91 Å². The topological polar surface area (TPSA) is 59.0 Å². The van der Waals surface area contributed by atoms with Crippen LogP contribution in [0.4, 0.5) is 0 Å². The van der Waals surface area contributed by atoms with Crippen LogP contribution in [-0.4, -0.2) is 48.3 Å². The molecule has 0 radical (unpaired) electrons. The van der Waals surface area contributed by atoms with Gasteiger partial charge in [0.1, 0.15) is 0 Å². The van der Waals surface area contributed by atoms with Crippen LogP contribution in [0.25, 0.3) is 0 Å². The summed E-state index contributed by atoms with van der Waals surface area (Å²) >= 11 is 0. The van der Waals surface area contributed by atoms with Crippen LogP contribution in [0.15, 0.2) is 18.2 Å². The molecule has 0 aliphatic carbocycles. The molecule has 0 bridgehead atoms. The number of hydrogen-bond acceptors (Lipinski definition) is 4. The normalized spacial score (nSPS) is 19.1. The number of carbonyl (C=O) groups excluding carboxylic acids is 1. The first kappa shape index (κ1) is 11.3. The lowest BCUT2D eigenvalue weighted by Gasteiger charge is -2.35. The molecule has 1 saturated heterocycles. The van der Waals surface area contributed by atoms with Crippen LogP contribution in [0.5, 0.6) is 11.5 Å². The van der Waals surface area contributed by atoms with E-state index in [4.69, 9.17) is 9.47 Å². The van der Waals surface area contributed by atoms with Crippen molar-refractivity contribution in [1.29, 1.82) is 0 Å². The molecule has 96 valence electrons. The minimum atomic E-state index is -0.380. The number of ether oxygens (including phenoxy) is 2. The third-order valence-corrected chi connectivity index (χ3v) is 3.14. The number of amides is 1. The minimum absolute atomic E-state index is 0.0732. The Hall–Kier alpha value is -1.75. The van der Waals surface area contributed by atoms with Gasteiger partial charge in [-0.1, -0.05) is 0 Å². The van der Waals surface area contributed by atoms with Gasteiger partial charge in [-0.05, 0) is 18.2 Å². The summed E-state index contributed by atoms with van der Waals surface area (Å²) in [4.78, 5) is 13.7. The van der Waals surface area contributed by atoms with Crippen LogP contribution in [0.1, 0.15) is 16.8 Å². The molecule has 0 aromatic heterocycles. The smallest absolute Gasteiger partial charge is 0.254 e. The summed E-state index contributed by atoms with van der Waals surface area (Å²) in [5.41, 5.74) is 0.575. The predicted octanol–water partition coefficient (Wildman–Crippen LogP) is 0.665. The average molecular weight is 249 g/mol. The van der Waals surface area contributed by atoms with E-state index in [0.29, 0.717) is 43.4 Å². The van der Waals surface area contributed by atoms with Crippen molar-refractivity contribution in [3.05, 3.63) is 23.8 Å². The second kappa shape index (κ2) is 4.49. The molecule has 0 spiro atoms. The second-order valence-electron chi connectivity index (χ2n) is 4.58. The van der Waals surface area contributed by atoms with E-state index in [2.05, 4.69) is 0 Å². The molecule has 18 heavy (non-hydrogen) atoms. The Morgan fingerprint density at radius 3 is 2.67 bits per heavy atom. The summed E-state index contributed by atoms with van der Waals surface area (Å²) in [5.74, 6) is 1.24. The molecule has 0 atom stereocenters. The first-order valence-corrected chi connectivity index (χ1v) is 6.11. The molecule has 1 aromatic rings. The first-order valence-electron chi connectivity index (χ1n) is 6.11. The van der Waals surface area contributed by atoms with Gasteiger partial charge in [0.05, 0.1) is 19.3 Å². The summed E-state index contributed by atoms with van der Waals surface area (Å²) in [7, 11) is 0. The van der Waals surface area contributed by atoms with Gasteiger partial charge in [-0.15, -0.1) is 0 Å². The highest BCUT2D eigenvalue weighted by atomic mass is 16.5. The molecule has 5 heteroatoms. The van der Waals surface area contributed by atoms with Crippen LogP contribution in [-0.2, 0) is 0 Å². The number of aliphatic hydroxyl groups is 1. The van der Waals surface area contributed by atoms with E-state index in [9.17, 15) is 9.90 Å². The third-order valence-electron chi connectivity index (χ3n) is 3.14. The fraction of sp³-hybridized carbons (Fsp3) is 0.462. The number of hydrogen-bond donors (Lipinski definition) is 1. The molecule has 1 N–H and O–H groups in total. The number of nitrogens with zero attached hydrogens (tertiary/aromatic N) is 1. The molecule has 1 amide bonds. The van der Waals surface area contributed by atoms with E-state index >= 15 is 0 Å². The molecule has 3 rings (SSSR count). The van der Waals surface area contributed by atoms with Crippen molar-refractivity contribution in [2.45, 2.75) is 12.5 Å². The van der Waals surface area contributed by atoms with E-state index in [0.717, 1.165) is 6.42 Å². The van der Waals surface area contributed by atoms with E-state index in [-0.39, 0.29) is 12.0 Å². The second-order valence-corrected chi connectivity index (χ2v) is 4.58. The standard InChI is InChI=1S/C13H15NO4/c15-10-7-14(8-10)13(16)9-2-3-11-12(6-9)18-5-1-4-17-11/h2-3,6,10,15H,1,4-5,7-8H2. The van der Waals surface area contributed by atoms with Crippen LogP contribution >= 0.6 is 0 Å².